The van der Waals surface area contributed by atoms with Gasteiger partial charge in [-0.1, -0.05) is 12.1 Å². The predicted molar refractivity (Wildman–Crippen MR) is 74.0 cm³/mol. The van der Waals surface area contributed by atoms with E-state index >= 15 is 0 Å². The van der Waals surface area contributed by atoms with E-state index in [1.807, 2.05) is 0 Å². The Bertz CT molecular complexity index is 659. The molecule has 0 radical (unpaired) electrons. The first kappa shape index (κ1) is 15.9. The first-order chi connectivity index (χ1) is 9.34. The monoisotopic (exact) mass is 294 g/mol. The number of sulfone groups is 1. The van der Waals surface area contributed by atoms with Crippen LogP contribution < -0.4 is 5.32 Å². The number of anilines is 1. The van der Waals surface area contributed by atoms with Gasteiger partial charge < -0.3 is 5.32 Å². The number of amides is 1. The molecule has 0 aliphatic rings. The van der Waals surface area contributed by atoms with Crippen LogP contribution in [-0.2, 0) is 14.6 Å². The largest absolute Gasteiger partial charge is 0.325 e. The molecule has 106 valence electrons. The van der Waals surface area contributed by atoms with Crippen LogP contribution in [0.4, 0.5) is 5.69 Å². The molecule has 0 bridgehead atoms. The van der Waals surface area contributed by atoms with E-state index in [-0.39, 0.29) is 18.0 Å². The van der Waals surface area contributed by atoms with Crippen molar-refractivity contribution in [3.05, 3.63) is 29.8 Å². The zero-order valence-corrected chi connectivity index (χ0v) is 11.7. The molecule has 0 spiro atoms. The standard InChI is InChI=1S/C13H14N2O4S/c1-10(16)11-4-2-5-12(8-11)15-13(17)9-20(18,19)7-3-6-14/h2,4-5,8H,3,7,9H2,1H3,(H,15,17). The molecule has 6 nitrogen and oxygen atoms in total. The molecule has 0 fully saturated rings. The Kier molecular flexibility index (Phi) is 5.41. The summed E-state index contributed by atoms with van der Waals surface area (Å²) in [6, 6.07) is 7.95. The smallest absolute Gasteiger partial charge is 0.239 e. The lowest BCUT2D eigenvalue weighted by Crippen LogP contribution is -2.24. The van der Waals surface area contributed by atoms with Crippen molar-refractivity contribution in [3.63, 3.8) is 0 Å². The summed E-state index contributed by atoms with van der Waals surface area (Å²) in [6.07, 6.45) is -0.143. The Hall–Kier alpha value is -2.20. The second-order valence-corrected chi connectivity index (χ2v) is 6.37. The summed E-state index contributed by atoms with van der Waals surface area (Å²) < 4.78 is 23.0. The minimum atomic E-state index is -3.59. The van der Waals surface area contributed by atoms with Gasteiger partial charge in [-0.2, -0.15) is 5.26 Å². The van der Waals surface area contributed by atoms with Crippen LogP contribution in [0.25, 0.3) is 0 Å². The molecule has 0 aromatic heterocycles. The zero-order valence-electron chi connectivity index (χ0n) is 10.9. The number of ketones is 1. The van der Waals surface area contributed by atoms with Gasteiger partial charge in [-0.15, -0.1) is 0 Å². The molecule has 1 rings (SSSR count). The lowest BCUT2D eigenvalue weighted by atomic mass is 10.1. The van der Waals surface area contributed by atoms with E-state index < -0.39 is 21.5 Å². The summed E-state index contributed by atoms with van der Waals surface area (Å²) in [5, 5.41) is 10.8. The van der Waals surface area contributed by atoms with Crippen molar-refractivity contribution in [2.75, 3.05) is 16.8 Å². The lowest BCUT2D eigenvalue weighted by molar-refractivity contribution is -0.113. The number of nitrogens with one attached hydrogen (secondary N) is 1. The van der Waals surface area contributed by atoms with E-state index in [4.69, 9.17) is 5.26 Å². The Morgan fingerprint density at radius 2 is 2.05 bits per heavy atom. The topological polar surface area (TPSA) is 104 Å². The highest BCUT2D eigenvalue weighted by molar-refractivity contribution is 7.92. The number of rotatable bonds is 6. The summed E-state index contributed by atoms with van der Waals surface area (Å²) in [6.45, 7) is 1.40. The molecule has 1 aromatic carbocycles. The van der Waals surface area contributed by atoms with Gasteiger partial charge in [0.1, 0.15) is 5.75 Å². The van der Waals surface area contributed by atoms with Crippen molar-refractivity contribution < 1.29 is 18.0 Å². The maximum Gasteiger partial charge on any atom is 0.239 e. The van der Waals surface area contributed by atoms with Crippen LogP contribution in [0.3, 0.4) is 0 Å². The number of hydrogen-bond acceptors (Lipinski definition) is 5. The molecule has 1 amide bonds. The molecule has 0 aliphatic carbocycles. The van der Waals surface area contributed by atoms with E-state index in [1.165, 1.54) is 13.0 Å². The van der Waals surface area contributed by atoms with Crippen molar-refractivity contribution in [2.45, 2.75) is 13.3 Å². The third-order valence-electron chi connectivity index (χ3n) is 2.43. The van der Waals surface area contributed by atoms with Crippen molar-refractivity contribution in [3.8, 4) is 6.07 Å². The highest BCUT2D eigenvalue weighted by atomic mass is 32.2. The molecule has 0 aliphatic heterocycles. The first-order valence-corrected chi connectivity index (χ1v) is 7.64. The van der Waals surface area contributed by atoms with Gasteiger partial charge in [0.2, 0.25) is 5.91 Å². The van der Waals surface area contributed by atoms with Gasteiger partial charge in [0, 0.05) is 17.7 Å². The van der Waals surface area contributed by atoms with Crippen molar-refractivity contribution in [1.29, 1.82) is 5.26 Å². The van der Waals surface area contributed by atoms with E-state index in [1.54, 1.807) is 24.3 Å². The molecular formula is C13H14N2O4S. The zero-order chi connectivity index (χ0) is 15.2. The average Bonchev–Trinajstić information content (AvgIpc) is 2.36. The molecule has 20 heavy (non-hydrogen) atoms. The molecule has 7 heteroatoms. The minimum absolute atomic E-state index is 0.143. The summed E-state index contributed by atoms with van der Waals surface area (Å²) in [5.74, 6) is -1.87. The third-order valence-corrected chi connectivity index (χ3v) is 3.96. The number of benzene rings is 1. The van der Waals surface area contributed by atoms with Crippen molar-refractivity contribution in [1.82, 2.24) is 0 Å². The molecule has 0 saturated heterocycles. The van der Waals surface area contributed by atoms with Crippen LogP contribution in [-0.4, -0.2) is 31.6 Å². The predicted octanol–water partition coefficient (Wildman–Crippen LogP) is 1.16. The summed E-state index contributed by atoms with van der Waals surface area (Å²) in [7, 11) is -3.59. The summed E-state index contributed by atoms with van der Waals surface area (Å²) >= 11 is 0. The number of Topliss-reactive ketones (excluding diaryl/α,β-unsaturated/α-hetero) is 1. The molecule has 1 N–H and O–H groups in total. The van der Waals surface area contributed by atoms with Crippen LogP contribution in [0.1, 0.15) is 23.7 Å². The minimum Gasteiger partial charge on any atom is -0.325 e. The molecule has 0 heterocycles. The van der Waals surface area contributed by atoms with Crippen LogP contribution in [0.5, 0.6) is 0 Å². The fourth-order valence-corrected chi connectivity index (χ4v) is 2.50. The SMILES string of the molecule is CC(=O)c1cccc(NC(=O)CS(=O)(=O)CCC#N)c1. The number of nitriles is 1. The fourth-order valence-electron chi connectivity index (χ4n) is 1.49. The first-order valence-electron chi connectivity index (χ1n) is 5.82. The molecule has 0 saturated carbocycles. The fraction of sp³-hybridized carbons (Fsp3) is 0.308. The van der Waals surface area contributed by atoms with Gasteiger partial charge in [0.15, 0.2) is 15.6 Å². The maximum absolute atomic E-state index is 11.6. The van der Waals surface area contributed by atoms with Crippen molar-refractivity contribution >= 4 is 27.2 Å². The van der Waals surface area contributed by atoms with Gasteiger partial charge >= 0.3 is 0 Å². The van der Waals surface area contributed by atoms with Gasteiger partial charge in [-0.05, 0) is 19.1 Å². The third kappa shape index (κ3) is 5.20. The highest BCUT2D eigenvalue weighted by Crippen LogP contribution is 2.11. The Balaban J connectivity index is 2.70. The normalized spacial score (nSPS) is 10.6. The van der Waals surface area contributed by atoms with Crippen molar-refractivity contribution in [2.24, 2.45) is 0 Å². The van der Waals surface area contributed by atoms with Crippen LogP contribution in [0.15, 0.2) is 24.3 Å². The molecule has 0 unspecified atom stereocenters. The van der Waals surface area contributed by atoms with Crippen LogP contribution in [0.2, 0.25) is 0 Å². The van der Waals surface area contributed by atoms with E-state index in [2.05, 4.69) is 5.32 Å². The molecule has 0 atom stereocenters. The van der Waals surface area contributed by atoms with Gasteiger partial charge in [0.25, 0.3) is 0 Å². The van der Waals surface area contributed by atoms with Crippen LogP contribution in [0, 0.1) is 11.3 Å². The van der Waals surface area contributed by atoms with Crippen LogP contribution >= 0.6 is 0 Å². The quantitative estimate of drug-likeness (QED) is 0.793. The van der Waals surface area contributed by atoms with E-state index in [0.29, 0.717) is 11.3 Å². The summed E-state index contributed by atoms with van der Waals surface area (Å²) in [5.41, 5.74) is 0.785. The Morgan fingerprint density at radius 1 is 1.35 bits per heavy atom. The molecular weight excluding hydrogens is 280 g/mol. The number of nitrogens with zero attached hydrogens (tertiary/aromatic N) is 1. The van der Waals surface area contributed by atoms with Gasteiger partial charge in [0.05, 0.1) is 11.8 Å². The Morgan fingerprint density at radius 3 is 2.65 bits per heavy atom. The average molecular weight is 294 g/mol. The van der Waals surface area contributed by atoms with E-state index in [0.717, 1.165) is 0 Å². The van der Waals surface area contributed by atoms with E-state index in [9.17, 15) is 18.0 Å². The van der Waals surface area contributed by atoms with Gasteiger partial charge in [-0.25, -0.2) is 8.42 Å². The highest BCUT2D eigenvalue weighted by Gasteiger charge is 2.16. The molecule has 1 aromatic rings. The van der Waals surface area contributed by atoms with Gasteiger partial charge in [-0.3, -0.25) is 9.59 Å². The number of carbonyl (C=O) groups excluding carboxylic acids is 2. The second-order valence-electron chi connectivity index (χ2n) is 4.19. The Labute approximate surface area is 117 Å². The number of hydrogen-bond donors (Lipinski definition) is 1. The summed E-state index contributed by atoms with van der Waals surface area (Å²) in [4.78, 5) is 22.8. The lowest BCUT2D eigenvalue weighted by Gasteiger charge is -2.06. The second kappa shape index (κ2) is 6.82. The number of carbonyl (C=O) groups is 2. The maximum atomic E-state index is 11.6.